The van der Waals surface area contributed by atoms with E-state index in [4.69, 9.17) is 10.5 Å². The Balaban J connectivity index is 2.54. The normalized spacial score (nSPS) is 23.5. The summed E-state index contributed by atoms with van der Waals surface area (Å²) >= 11 is 0. The topological polar surface area (TPSA) is 58.8 Å². The number of ether oxygens (including phenoxy) is 1. The maximum atomic E-state index is 12.4. The predicted octanol–water partition coefficient (Wildman–Crippen LogP) is 0.539. The van der Waals surface area contributed by atoms with Crippen LogP contribution < -0.4 is 5.73 Å². The van der Waals surface area contributed by atoms with E-state index < -0.39 is 6.04 Å². The number of piperazine rings is 1. The Labute approximate surface area is 117 Å². The van der Waals surface area contributed by atoms with Crippen LogP contribution in [0.1, 0.15) is 27.7 Å². The van der Waals surface area contributed by atoms with Gasteiger partial charge in [-0.3, -0.25) is 9.69 Å². The Morgan fingerprint density at radius 3 is 2.53 bits per heavy atom. The molecule has 0 saturated carbocycles. The van der Waals surface area contributed by atoms with Gasteiger partial charge in [0.15, 0.2) is 0 Å². The zero-order chi connectivity index (χ0) is 14.6. The van der Waals surface area contributed by atoms with Crippen LogP contribution in [0.5, 0.6) is 0 Å². The van der Waals surface area contributed by atoms with Crippen molar-refractivity contribution in [2.75, 3.05) is 39.9 Å². The molecule has 1 aliphatic heterocycles. The van der Waals surface area contributed by atoms with Crippen LogP contribution in [0.2, 0.25) is 0 Å². The molecule has 2 atom stereocenters. The number of amides is 1. The summed E-state index contributed by atoms with van der Waals surface area (Å²) in [5.41, 5.74) is 5.87. The van der Waals surface area contributed by atoms with Gasteiger partial charge in [0.2, 0.25) is 5.91 Å². The first-order valence-electron chi connectivity index (χ1n) is 7.04. The van der Waals surface area contributed by atoms with E-state index in [9.17, 15) is 4.79 Å². The summed E-state index contributed by atoms with van der Waals surface area (Å²) in [4.78, 5) is 16.6. The zero-order valence-electron chi connectivity index (χ0n) is 13.0. The SMILES string of the molecule is COCCN1CCN(C(=O)[C@@H](N)C(C)(C)C)CC1C. The first-order valence-corrected chi connectivity index (χ1v) is 7.04. The van der Waals surface area contributed by atoms with E-state index in [0.29, 0.717) is 6.04 Å². The van der Waals surface area contributed by atoms with Gasteiger partial charge >= 0.3 is 0 Å². The summed E-state index contributed by atoms with van der Waals surface area (Å²) in [7, 11) is 1.72. The average Bonchev–Trinajstić information content (AvgIpc) is 2.34. The van der Waals surface area contributed by atoms with E-state index in [2.05, 4.69) is 11.8 Å². The molecular formula is C14H29N3O2. The maximum absolute atomic E-state index is 12.4. The molecule has 1 fully saturated rings. The van der Waals surface area contributed by atoms with Crippen LogP contribution in [0.4, 0.5) is 0 Å². The third-order valence-electron chi connectivity index (χ3n) is 3.86. The van der Waals surface area contributed by atoms with E-state index in [-0.39, 0.29) is 11.3 Å². The van der Waals surface area contributed by atoms with Gasteiger partial charge in [-0.05, 0) is 12.3 Å². The maximum Gasteiger partial charge on any atom is 0.240 e. The Bertz CT molecular complexity index is 302. The number of carbonyl (C=O) groups is 1. The fourth-order valence-corrected chi connectivity index (χ4v) is 2.30. The summed E-state index contributed by atoms with van der Waals surface area (Å²) < 4.78 is 5.11. The highest BCUT2D eigenvalue weighted by atomic mass is 16.5. The highest BCUT2D eigenvalue weighted by Gasteiger charge is 2.34. The van der Waals surface area contributed by atoms with Crippen LogP contribution in [0.15, 0.2) is 0 Å². The molecule has 2 N–H and O–H groups in total. The van der Waals surface area contributed by atoms with Crippen LogP contribution >= 0.6 is 0 Å². The third kappa shape index (κ3) is 4.44. The van der Waals surface area contributed by atoms with Crippen LogP contribution in [-0.4, -0.2) is 67.7 Å². The number of methoxy groups -OCH3 is 1. The smallest absolute Gasteiger partial charge is 0.240 e. The molecule has 5 heteroatoms. The lowest BCUT2D eigenvalue weighted by Gasteiger charge is -2.41. The largest absolute Gasteiger partial charge is 0.383 e. The first kappa shape index (κ1) is 16.4. The van der Waals surface area contributed by atoms with Crippen molar-refractivity contribution in [3.63, 3.8) is 0 Å². The Hall–Kier alpha value is -0.650. The lowest BCUT2D eigenvalue weighted by molar-refractivity contribution is -0.138. The van der Waals surface area contributed by atoms with Gasteiger partial charge in [0.1, 0.15) is 0 Å². The predicted molar refractivity (Wildman–Crippen MR) is 76.9 cm³/mol. The van der Waals surface area contributed by atoms with Crippen LogP contribution in [0, 0.1) is 5.41 Å². The Kier molecular flexibility index (Phi) is 5.77. The summed E-state index contributed by atoms with van der Waals surface area (Å²) in [6, 6.07) is -0.0646. The van der Waals surface area contributed by atoms with E-state index in [1.54, 1.807) is 7.11 Å². The lowest BCUT2D eigenvalue weighted by atomic mass is 9.86. The molecule has 1 saturated heterocycles. The molecule has 112 valence electrons. The van der Waals surface area contributed by atoms with Gasteiger partial charge in [-0.15, -0.1) is 0 Å². The molecule has 0 aromatic heterocycles. The van der Waals surface area contributed by atoms with Gasteiger partial charge in [-0.1, -0.05) is 20.8 Å². The van der Waals surface area contributed by atoms with Crippen LogP contribution in [0.3, 0.4) is 0 Å². The Morgan fingerprint density at radius 2 is 2.05 bits per heavy atom. The molecule has 0 bridgehead atoms. The van der Waals surface area contributed by atoms with Gasteiger partial charge < -0.3 is 15.4 Å². The van der Waals surface area contributed by atoms with Crippen molar-refractivity contribution >= 4 is 5.91 Å². The van der Waals surface area contributed by atoms with Crippen molar-refractivity contribution in [1.82, 2.24) is 9.80 Å². The number of carbonyl (C=O) groups excluding carboxylic acids is 1. The number of nitrogens with two attached hydrogens (primary N) is 1. The molecule has 1 aliphatic rings. The molecule has 0 aromatic carbocycles. The second-order valence-corrected chi connectivity index (χ2v) is 6.51. The molecule has 1 amide bonds. The summed E-state index contributed by atoms with van der Waals surface area (Å²) in [5, 5.41) is 0. The minimum absolute atomic E-state index is 0.0748. The lowest BCUT2D eigenvalue weighted by Crippen LogP contribution is -2.59. The minimum atomic E-state index is -0.426. The molecule has 0 aliphatic carbocycles. The van der Waals surface area contributed by atoms with Crippen molar-refractivity contribution < 1.29 is 9.53 Å². The third-order valence-corrected chi connectivity index (χ3v) is 3.86. The summed E-state index contributed by atoms with van der Waals surface area (Å²) in [5.74, 6) is 0.0748. The molecule has 19 heavy (non-hydrogen) atoms. The second-order valence-electron chi connectivity index (χ2n) is 6.51. The number of hydrogen-bond donors (Lipinski definition) is 1. The first-order chi connectivity index (χ1) is 8.77. The molecule has 1 unspecified atom stereocenters. The molecule has 1 heterocycles. The highest BCUT2D eigenvalue weighted by Crippen LogP contribution is 2.20. The number of hydrogen-bond acceptors (Lipinski definition) is 4. The quantitative estimate of drug-likeness (QED) is 0.811. The van der Waals surface area contributed by atoms with Crippen LogP contribution in [-0.2, 0) is 9.53 Å². The molecular weight excluding hydrogens is 242 g/mol. The fourth-order valence-electron chi connectivity index (χ4n) is 2.30. The monoisotopic (exact) mass is 271 g/mol. The fraction of sp³-hybridized carbons (Fsp3) is 0.929. The molecule has 1 rings (SSSR count). The number of nitrogens with zero attached hydrogens (tertiary/aromatic N) is 2. The van der Waals surface area contributed by atoms with Gasteiger partial charge in [-0.2, -0.15) is 0 Å². The Morgan fingerprint density at radius 1 is 1.42 bits per heavy atom. The van der Waals surface area contributed by atoms with Crippen molar-refractivity contribution in [3.05, 3.63) is 0 Å². The van der Waals surface area contributed by atoms with Crippen molar-refractivity contribution in [1.29, 1.82) is 0 Å². The van der Waals surface area contributed by atoms with E-state index in [0.717, 1.165) is 32.8 Å². The molecule has 0 radical (unpaired) electrons. The minimum Gasteiger partial charge on any atom is -0.383 e. The van der Waals surface area contributed by atoms with Crippen molar-refractivity contribution in [2.24, 2.45) is 11.1 Å². The van der Waals surface area contributed by atoms with E-state index >= 15 is 0 Å². The standard InChI is InChI=1S/C14H29N3O2/c1-11-10-17(7-6-16(11)8-9-19-5)13(18)12(15)14(2,3)4/h11-12H,6-10,15H2,1-5H3/t11?,12-/m1/s1. The molecule has 5 nitrogen and oxygen atoms in total. The van der Waals surface area contributed by atoms with Crippen molar-refractivity contribution in [2.45, 2.75) is 39.8 Å². The number of rotatable bonds is 4. The van der Waals surface area contributed by atoms with Gasteiger partial charge in [0.05, 0.1) is 12.6 Å². The second kappa shape index (κ2) is 6.68. The zero-order valence-corrected chi connectivity index (χ0v) is 13.0. The van der Waals surface area contributed by atoms with Crippen LogP contribution in [0.25, 0.3) is 0 Å². The molecule has 0 spiro atoms. The van der Waals surface area contributed by atoms with Gasteiger partial charge in [-0.25, -0.2) is 0 Å². The average molecular weight is 271 g/mol. The molecule has 0 aromatic rings. The van der Waals surface area contributed by atoms with Gasteiger partial charge in [0.25, 0.3) is 0 Å². The highest BCUT2D eigenvalue weighted by molar-refractivity contribution is 5.82. The summed E-state index contributed by atoms with van der Waals surface area (Å²) in [6.07, 6.45) is 0. The van der Waals surface area contributed by atoms with Gasteiger partial charge in [0, 0.05) is 39.3 Å². The van der Waals surface area contributed by atoms with E-state index in [1.165, 1.54) is 0 Å². The summed E-state index contributed by atoms with van der Waals surface area (Å²) in [6.45, 7) is 12.2. The van der Waals surface area contributed by atoms with Crippen molar-refractivity contribution in [3.8, 4) is 0 Å². The van der Waals surface area contributed by atoms with E-state index in [1.807, 2.05) is 25.7 Å².